The second-order valence-electron chi connectivity index (χ2n) is 5.88. The third-order valence-corrected chi connectivity index (χ3v) is 3.77. The second kappa shape index (κ2) is 7.68. The molecule has 0 fully saturated rings. The van der Waals surface area contributed by atoms with Crippen LogP contribution in [0.3, 0.4) is 0 Å². The van der Waals surface area contributed by atoms with Crippen molar-refractivity contribution in [2.24, 2.45) is 5.41 Å². The SMILES string of the molecule is COc1ccccc1CNC(=O)C(C)(C)C(=O)NCc1ccco1. The summed E-state index contributed by atoms with van der Waals surface area (Å²) >= 11 is 0. The largest absolute Gasteiger partial charge is 0.496 e. The van der Waals surface area contributed by atoms with Gasteiger partial charge in [0.15, 0.2) is 0 Å². The van der Waals surface area contributed by atoms with E-state index in [0.717, 1.165) is 5.56 Å². The van der Waals surface area contributed by atoms with Crippen LogP contribution in [0.25, 0.3) is 0 Å². The number of ether oxygens (including phenoxy) is 1. The van der Waals surface area contributed by atoms with E-state index in [0.29, 0.717) is 11.5 Å². The summed E-state index contributed by atoms with van der Waals surface area (Å²) in [5.74, 6) is 0.605. The Morgan fingerprint density at radius 2 is 1.71 bits per heavy atom. The van der Waals surface area contributed by atoms with Crippen molar-refractivity contribution in [1.29, 1.82) is 0 Å². The van der Waals surface area contributed by atoms with E-state index in [1.807, 2.05) is 24.3 Å². The number of nitrogens with one attached hydrogen (secondary N) is 2. The summed E-state index contributed by atoms with van der Waals surface area (Å²) in [6.07, 6.45) is 1.53. The maximum atomic E-state index is 12.4. The Labute approximate surface area is 141 Å². The van der Waals surface area contributed by atoms with Crippen molar-refractivity contribution in [1.82, 2.24) is 10.6 Å². The van der Waals surface area contributed by atoms with E-state index in [2.05, 4.69) is 10.6 Å². The molecule has 6 nitrogen and oxygen atoms in total. The maximum Gasteiger partial charge on any atom is 0.235 e. The number of hydrogen-bond donors (Lipinski definition) is 2. The van der Waals surface area contributed by atoms with E-state index in [4.69, 9.17) is 9.15 Å². The van der Waals surface area contributed by atoms with E-state index in [9.17, 15) is 9.59 Å². The van der Waals surface area contributed by atoms with Gasteiger partial charge in [-0.2, -0.15) is 0 Å². The summed E-state index contributed by atoms with van der Waals surface area (Å²) in [6.45, 7) is 3.71. The molecule has 128 valence electrons. The average Bonchev–Trinajstić information content (AvgIpc) is 3.11. The number of carbonyl (C=O) groups excluding carboxylic acids is 2. The predicted octanol–water partition coefficient (Wildman–Crippen LogP) is 2.25. The minimum absolute atomic E-state index is 0.245. The standard InChI is InChI=1S/C18H22N2O4/c1-18(2,17(22)20-12-14-8-6-10-24-14)16(21)19-11-13-7-4-5-9-15(13)23-3/h4-10H,11-12H2,1-3H3,(H,19,21)(H,20,22). The lowest BCUT2D eigenvalue weighted by molar-refractivity contribution is -0.141. The Balaban J connectivity index is 1.92. The van der Waals surface area contributed by atoms with Gasteiger partial charge in [-0.3, -0.25) is 9.59 Å². The van der Waals surface area contributed by atoms with Gasteiger partial charge in [-0.1, -0.05) is 18.2 Å². The normalized spacial score (nSPS) is 11.0. The molecule has 0 spiro atoms. The van der Waals surface area contributed by atoms with E-state index in [1.165, 1.54) is 6.26 Å². The van der Waals surface area contributed by atoms with Gasteiger partial charge in [-0.15, -0.1) is 0 Å². The highest BCUT2D eigenvalue weighted by Crippen LogP contribution is 2.19. The van der Waals surface area contributed by atoms with Gasteiger partial charge in [0.05, 0.1) is 19.9 Å². The Hall–Kier alpha value is -2.76. The summed E-state index contributed by atoms with van der Waals surface area (Å²) in [4.78, 5) is 24.7. The molecule has 0 aliphatic carbocycles. The maximum absolute atomic E-state index is 12.4. The molecule has 2 aromatic rings. The lowest BCUT2D eigenvalue weighted by atomic mass is 9.91. The Bertz CT molecular complexity index is 693. The van der Waals surface area contributed by atoms with Crippen molar-refractivity contribution in [3.8, 4) is 5.75 Å². The number of amides is 2. The Morgan fingerprint density at radius 1 is 1.04 bits per heavy atom. The first kappa shape index (κ1) is 17.6. The molecule has 2 rings (SSSR count). The highest BCUT2D eigenvalue weighted by atomic mass is 16.5. The number of hydrogen-bond acceptors (Lipinski definition) is 4. The smallest absolute Gasteiger partial charge is 0.235 e. The molecule has 1 heterocycles. The van der Waals surface area contributed by atoms with Crippen molar-refractivity contribution >= 4 is 11.8 Å². The first-order valence-electron chi connectivity index (χ1n) is 7.66. The van der Waals surface area contributed by atoms with Crippen LogP contribution in [0.1, 0.15) is 25.2 Å². The summed E-state index contributed by atoms with van der Waals surface area (Å²) in [7, 11) is 1.58. The van der Waals surface area contributed by atoms with Crippen molar-refractivity contribution < 1.29 is 18.7 Å². The molecule has 6 heteroatoms. The van der Waals surface area contributed by atoms with Crippen molar-refractivity contribution in [2.75, 3.05) is 7.11 Å². The number of para-hydroxylation sites is 1. The van der Waals surface area contributed by atoms with Crippen LogP contribution in [0, 0.1) is 5.41 Å². The molecule has 0 aliphatic heterocycles. The number of benzene rings is 1. The van der Waals surface area contributed by atoms with Crippen LogP contribution >= 0.6 is 0 Å². The highest BCUT2D eigenvalue weighted by molar-refractivity contribution is 6.04. The number of methoxy groups -OCH3 is 1. The molecule has 0 saturated heterocycles. The average molecular weight is 330 g/mol. The highest BCUT2D eigenvalue weighted by Gasteiger charge is 2.35. The monoisotopic (exact) mass is 330 g/mol. The summed E-state index contributed by atoms with van der Waals surface area (Å²) < 4.78 is 10.4. The van der Waals surface area contributed by atoms with E-state index in [1.54, 1.807) is 33.1 Å². The van der Waals surface area contributed by atoms with Gasteiger partial charge < -0.3 is 19.8 Å². The third kappa shape index (κ3) is 4.16. The van der Waals surface area contributed by atoms with Gasteiger partial charge in [0.2, 0.25) is 11.8 Å². The molecular formula is C18H22N2O4. The van der Waals surface area contributed by atoms with Gasteiger partial charge in [0.1, 0.15) is 16.9 Å². The first-order valence-corrected chi connectivity index (χ1v) is 7.66. The topological polar surface area (TPSA) is 80.6 Å². The van der Waals surface area contributed by atoms with Crippen molar-refractivity contribution in [3.05, 3.63) is 54.0 Å². The fourth-order valence-electron chi connectivity index (χ4n) is 2.15. The van der Waals surface area contributed by atoms with Crippen LogP contribution in [0.2, 0.25) is 0 Å². The molecule has 2 N–H and O–H groups in total. The van der Waals surface area contributed by atoms with E-state index < -0.39 is 5.41 Å². The van der Waals surface area contributed by atoms with Gasteiger partial charge in [-0.05, 0) is 32.0 Å². The van der Waals surface area contributed by atoms with E-state index >= 15 is 0 Å². The molecule has 2 amide bonds. The number of carbonyl (C=O) groups is 2. The molecule has 24 heavy (non-hydrogen) atoms. The minimum Gasteiger partial charge on any atom is -0.496 e. The molecule has 1 aromatic carbocycles. The Kier molecular flexibility index (Phi) is 5.63. The van der Waals surface area contributed by atoms with Crippen LogP contribution in [0.5, 0.6) is 5.75 Å². The van der Waals surface area contributed by atoms with Crippen molar-refractivity contribution in [3.63, 3.8) is 0 Å². The number of rotatable bonds is 7. The summed E-state index contributed by atoms with van der Waals surface area (Å²) in [5.41, 5.74) is -0.352. The third-order valence-electron chi connectivity index (χ3n) is 3.77. The zero-order valence-electron chi connectivity index (χ0n) is 14.1. The van der Waals surface area contributed by atoms with Crippen LogP contribution in [0.15, 0.2) is 47.1 Å². The zero-order valence-corrected chi connectivity index (χ0v) is 14.1. The van der Waals surface area contributed by atoms with Gasteiger partial charge in [-0.25, -0.2) is 0 Å². The fraction of sp³-hybridized carbons (Fsp3) is 0.333. The molecule has 0 bridgehead atoms. The molecule has 0 unspecified atom stereocenters. The summed E-state index contributed by atoms with van der Waals surface area (Å²) in [5, 5.41) is 5.49. The van der Waals surface area contributed by atoms with Crippen LogP contribution < -0.4 is 15.4 Å². The first-order chi connectivity index (χ1) is 11.4. The van der Waals surface area contributed by atoms with Crippen LogP contribution in [0.4, 0.5) is 0 Å². The van der Waals surface area contributed by atoms with E-state index in [-0.39, 0.29) is 24.9 Å². The Morgan fingerprint density at radius 3 is 2.33 bits per heavy atom. The quantitative estimate of drug-likeness (QED) is 0.763. The molecule has 0 radical (unpaired) electrons. The lowest BCUT2D eigenvalue weighted by Crippen LogP contribution is -2.47. The second-order valence-corrected chi connectivity index (χ2v) is 5.88. The summed E-state index contributed by atoms with van der Waals surface area (Å²) in [6, 6.07) is 10.9. The van der Waals surface area contributed by atoms with Crippen LogP contribution in [-0.4, -0.2) is 18.9 Å². The number of furan rings is 1. The molecule has 1 aromatic heterocycles. The van der Waals surface area contributed by atoms with Gasteiger partial charge in [0.25, 0.3) is 0 Å². The lowest BCUT2D eigenvalue weighted by Gasteiger charge is -2.22. The molecule has 0 saturated carbocycles. The molecule has 0 aliphatic rings. The van der Waals surface area contributed by atoms with Gasteiger partial charge >= 0.3 is 0 Å². The molecule has 0 atom stereocenters. The van der Waals surface area contributed by atoms with Crippen molar-refractivity contribution in [2.45, 2.75) is 26.9 Å². The minimum atomic E-state index is -1.20. The zero-order chi connectivity index (χ0) is 17.6. The fourth-order valence-corrected chi connectivity index (χ4v) is 2.15. The molecular weight excluding hydrogens is 308 g/mol. The predicted molar refractivity (Wildman–Crippen MR) is 89.2 cm³/mol. The van der Waals surface area contributed by atoms with Crippen LogP contribution in [-0.2, 0) is 22.7 Å². The van der Waals surface area contributed by atoms with Gasteiger partial charge in [0, 0.05) is 12.1 Å².